The minimum Gasteiger partial charge on any atom is -0.394 e. The van der Waals surface area contributed by atoms with Crippen molar-refractivity contribution in [2.45, 2.75) is 19.9 Å². The van der Waals surface area contributed by atoms with E-state index in [9.17, 15) is 9.59 Å². The van der Waals surface area contributed by atoms with Crippen LogP contribution in [0.25, 0.3) is 0 Å². The number of aromatic amines is 1. The van der Waals surface area contributed by atoms with Crippen molar-refractivity contribution in [2.24, 2.45) is 5.92 Å². The summed E-state index contributed by atoms with van der Waals surface area (Å²) in [6.45, 7) is 3.63. The third-order valence-electron chi connectivity index (χ3n) is 2.39. The van der Waals surface area contributed by atoms with Crippen LogP contribution in [0.5, 0.6) is 0 Å². The Morgan fingerprint density at radius 3 is 2.75 bits per heavy atom. The summed E-state index contributed by atoms with van der Waals surface area (Å²) in [7, 11) is 0. The summed E-state index contributed by atoms with van der Waals surface area (Å²) in [5, 5.41) is 11.7. The van der Waals surface area contributed by atoms with Crippen molar-refractivity contribution < 1.29 is 9.90 Å². The number of H-pyrrole nitrogens is 1. The minimum atomic E-state index is -0.463. The molecule has 0 radical (unpaired) electrons. The fourth-order valence-corrected chi connectivity index (χ4v) is 1.26. The van der Waals surface area contributed by atoms with Crippen LogP contribution in [-0.4, -0.2) is 28.6 Å². The van der Waals surface area contributed by atoms with Crippen LogP contribution in [0.2, 0.25) is 0 Å². The first-order chi connectivity index (χ1) is 7.56. The first-order valence-corrected chi connectivity index (χ1v) is 5.15. The quantitative estimate of drug-likeness (QED) is 0.679. The van der Waals surface area contributed by atoms with Gasteiger partial charge in [-0.1, -0.05) is 13.8 Å². The van der Waals surface area contributed by atoms with Crippen LogP contribution in [0.15, 0.2) is 23.3 Å². The zero-order chi connectivity index (χ0) is 12.1. The molecule has 1 aromatic rings. The highest BCUT2D eigenvalue weighted by molar-refractivity contribution is 5.93. The molecule has 0 spiro atoms. The van der Waals surface area contributed by atoms with Crippen LogP contribution < -0.4 is 10.7 Å². The molecular formula is C11H16N2O3. The van der Waals surface area contributed by atoms with E-state index in [2.05, 4.69) is 10.3 Å². The molecule has 3 N–H and O–H groups in total. The first kappa shape index (κ1) is 12.4. The minimum absolute atomic E-state index is 0.0570. The van der Waals surface area contributed by atoms with Gasteiger partial charge in [0.1, 0.15) is 5.56 Å². The normalized spacial score (nSPS) is 12.5. The molecule has 1 rings (SSSR count). The van der Waals surface area contributed by atoms with Gasteiger partial charge in [-0.05, 0) is 5.92 Å². The predicted octanol–water partition coefficient (Wildman–Crippen LogP) is 0.122. The van der Waals surface area contributed by atoms with Crippen LogP contribution in [0, 0.1) is 5.92 Å². The summed E-state index contributed by atoms with van der Waals surface area (Å²) >= 11 is 0. The highest BCUT2D eigenvalue weighted by atomic mass is 16.3. The van der Waals surface area contributed by atoms with Gasteiger partial charge < -0.3 is 15.4 Å². The Hall–Kier alpha value is -1.62. The average molecular weight is 224 g/mol. The SMILES string of the molecule is CC(C)[C@@H](CO)NC(=O)c1c[nH]ccc1=O. The van der Waals surface area contributed by atoms with Crippen molar-refractivity contribution in [2.75, 3.05) is 6.61 Å². The topological polar surface area (TPSA) is 82.2 Å². The Bertz CT molecular complexity index is 412. The van der Waals surface area contributed by atoms with E-state index in [1.807, 2.05) is 13.8 Å². The Morgan fingerprint density at radius 1 is 1.56 bits per heavy atom. The van der Waals surface area contributed by atoms with Gasteiger partial charge in [0.05, 0.1) is 12.6 Å². The van der Waals surface area contributed by atoms with Gasteiger partial charge >= 0.3 is 0 Å². The molecule has 1 amide bonds. The predicted molar refractivity (Wildman–Crippen MR) is 60.2 cm³/mol. The molecule has 16 heavy (non-hydrogen) atoms. The Balaban J connectivity index is 2.80. The Labute approximate surface area is 93.5 Å². The number of rotatable bonds is 4. The van der Waals surface area contributed by atoms with Crippen molar-refractivity contribution in [3.05, 3.63) is 34.2 Å². The number of pyridine rings is 1. The van der Waals surface area contributed by atoms with Crippen LogP contribution in [0.1, 0.15) is 24.2 Å². The zero-order valence-electron chi connectivity index (χ0n) is 9.36. The lowest BCUT2D eigenvalue weighted by Gasteiger charge is -2.19. The van der Waals surface area contributed by atoms with Crippen molar-refractivity contribution >= 4 is 5.91 Å². The molecule has 1 aromatic heterocycles. The molecule has 0 aliphatic rings. The van der Waals surface area contributed by atoms with E-state index in [0.29, 0.717) is 0 Å². The van der Waals surface area contributed by atoms with E-state index < -0.39 is 5.91 Å². The number of hydrogen-bond donors (Lipinski definition) is 3. The summed E-state index contributed by atoms with van der Waals surface area (Å²) in [6.07, 6.45) is 2.82. The van der Waals surface area contributed by atoms with Gasteiger partial charge in [0, 0.05) is 18.5 Å². The number of carbonyl (C=O) groups is 1. The number of aliphatic hydroxyl groups is 1. The highest BCUT2D eigenvalue weighted by Gasteiger charge is 2.17. The third-order valence-corrected chi connectivity index (χ3v) is 2.39. The molecular weight excluding hydrogens is 208 g/mol. The van der Waals surface area contributed by atoms with Crippen molar-refractivity contribution in [1.82, 2.24) is 10.3 Å². The lowest BCUT2D eigenvalue weighted by atomic mass is 10.1. The molecule has 0 saturated heterocycles. The fraction of sp³-hybridized carbons (Fsp3) is 0.455. The molecule has 1 heterocycles. The third kappa shape index (κ3) is 2.93. The number of aliphatic hydroxyl groups excluding tert-OH is 1. The molecule has 0 fully saturated rings. The number of carbonyl (C=O) groups excluding carboxylic acids is 1. The second-order valence-corrected chi connectivity index (χ2v) is 3.93. The number of hydrogen-bond acceptors (Lipinski definition) is 3. The molecule has 0 aliphatic carbocycles. The summed E-state index contributed by atoms with van der Waals surface area (Å²) in [4.78, 5) is 25.7. The van der Waals surface area contributed by atoms with Gasteiger partial charge in [-0.3, -0.25) is 9.59 Å². The van der Waals surface area contributed by atoms with Crippen LogP contribution in [0.4, 0.5) is 0 Å². The number of nitrogens with one attached hydrogen (secondary N) is 2. The molecule has 0 bridgehead atoms. The fourth-order valence-electron chi connectivity index (χ4n) is 1.26. The maximum absolute atomic E-state index is 11.7. The van der Waals surface area contributed by atoms with Crippen molar-refractivity contribution in [3.63, 3.8) is 0 Å². The Kier molecular flexibility index (Phi) is 4.25. The van der Waals surface area contributed by atoms with E-state index in [1.165, 1.54) is 18.5 Å². The van der Waals surface area contributed by atoms with Crippen LogP contribution >= 0.6 is 0 Å². The molecule has 0 aliphatic heterocycles. The number of aromatic nitrogens is 1. The lowest BCUT2D eigenvalue weighted by molar-refractivity contribution is 0.0895. The van der Waals surface area contributed by atoms with Crippen LogP contribution in [-0.2, 0) is 0 Å². The zero-order valence-corrected chi connectivity index (χ0v) is 9.36. The molecule has 0 saturated carbocycles. The second-order valence-electron chi connectivity index (χ2n) is 3.93. The monoisotopic (exact) mass is 224 g/mol. The number of amides is 1. The average Bonchev–Trinajstić information content (AvgIpc) is 2.25. The standard InChI is InChI=1S/C11H16N2O3/c1-7(2)9(6-14)13-11(16)8-5-12-4-3-10(8)15/h3-5,7,9,14H,6H2,1-2H3,(H,12,15)(H,13,16)/t9-/m1/s1. The largest absolute Gasteiger partial charge is 0.394 e. The maximum Gasteiger partial charge on any atom is 0.257 e. The van der Waals surface area contributed by atoms with E-state index in [1.54, 1.807) is 0 Å². The summed E-state index contributed by atoms with van der Waals surface area (Å²) < 4.78 is 0. The summed E-state index contributed by atoms with van der Waals surface area (Å²) in [6, 6.07) is 0.949. The molecule has 5 nitrogen and oxygen atoms in total. The second kappa shape index (κ2) is 5.46. The van der Waals surface area contributed by atoms with Crippen molar-refractivity contribution in [3.8, 4) is 0 Å². The van der Waals surface area contributed by atoms with E-state index >= 15 is 0 Å². The lowest BCUT2D eigenvalue weighted by Crippen LogP contribution is -2.42. The molecule has 0 aromatic carbocycles. The molecule has 0 unspecified atom stereocenters. The highest BCUT2D eigenvalue weighted by Crippen LogP contribution is 2.01. The first-order valence-electron chi connectivity index (χ1n) is 5.15. The molecule has 5 heteroatoms. The Morgan fingerprint density at radius 2 is 2.25 bits per heavy atom. The van der Waals surface area contributed by atoms with Gasteiger partial charge in [-0.25, -0.2) is 0 Å². The van der Waals surface area contributed by atoms with Gasteiger partial charge in [-0.2, -0.15) is 0 Å². The maximum atomic E-state index is 11.7. The smallest absolute Gasteiger partial charge is 0.257 e. The van der Waals surface area contributed by atoms with E-state index in [4.69, 9.17) is 5.11 Å². The van der Waals surface area contributed by atoms with E-state index in [-0.39, 0.29) is 29.6 Å². The molecule has 88 valence electrons. The van der Waals surface area contributed by atoms with Gasteiger partial charge in [0.15, 0.2) is 5.43 Å². The molecule has 1 atom stereocenters. The van der Waals surface area contributed by atoms with E-state index in [0.717, 1.165) is 0 Å². The van der Waals surface area contributed by atoms with Gasteiger partial charge in [0.25, 0.3) is 5.91 Å². The van der Waals surface area contributed by atoms with Crippen molar-refractivity contribution in [1.29, 1.82) is 0 Å². The van der Waals surface area contributed by atoms with Gasteiger partial charge in [-0.15, -0.1) is 0 Å². The summed E-state index contributed by atoms with van der Waals surface area (Å²) in [5.74, 6) is -0.355. The van der Waals surface area contributed by atoms with Crippen LogP contribution in [0.3, 0.4) is 0 Å². The van der Waals surface area contributed by atoms with Gasteiger partial charge in [0.2, 0.25) is 0 Å². The summed E-state index contributed by atoms with van der Waals surface area (Å²) in [5.41, 5.74) is -0.279.